The van der Waals surface area contributed by atoms with Crippen LogP contribution in [0, 0.1) is 0 Å². The molecule has 0 spiro atoms. The summed E-state index contributed by atoms with van der Waals surface area (Å²) in [6.07, 6.45) is 1.31. The summed E-state index contributed by atoms with van der Waals surface area (Å²) >= 11 is 6.05. The predicted molar refractivity (Wildman–Crippen MR) is 97.2 cm³/mol. The fourth-order valence-electron chi connectivity index (χ4n) is 2.76. The highest BCUT2D eigenvalue weighted by Crippen LogP contribution is 2.21. The molecule has 0 aliphatic rings. The molecule has 128 valence electrons. The van der Waals surface area contributed by atoms with Crippen LogP contribution >= 0.6 is 11.6 Å². The molecule has 4 rings (SSSR count). The summed E-state index contributed by atoms with van der Waals surface area (Å²) < 4.78 is 0.896. The highest BCUT2D eigenvalue weighted by Gasteiger charge is 2.19. The molecule has 0 saturated carbocycles. The molecule has 7 nitrogen and oxygen atoms in total. The molecular weight excluding hydrogens is 356 g/mol. The summed E-state index contributed by atoms with van der Waals surface area (Å²) in [6, 6.07) is 13.0. The van der Waals surface area contributed by atoms with E-state index in [4.69, 9.17) is 11.6 Å². The summed E-state index contributed by atoms with van der Waals surface area (Å²) in [7, 11) is 0. The van der Waals surface area contributed by atoms with Gasteiger partial charge in [0.2, 0.25) is 0 Å². The van der Waals surface area contributed by atoms with Crippen molar-refractivity contribution in [1.82, 2.24) is 19.5 Å². The van der Waals surface area contributed by atoms with Crippen LogP contribution in [0.2, 0.25) is 5.02 Å². The van der Waals surface area contributed by atoms with Crippen LogP contribution in [0.4, 0.5) is 0 Å². The Hall–Kier alpha value is -3.45. The number of H-pyrrole nitrogens is 2. The van der Waals surface area contributed by atoms with Crippen LogP contribution in [0.25, 0.3) is 16.9 Å². The third-order valence-electron chi connectivity index (χ3n) is 3.96. The Morgan fingerprint density at radius 2 is 1.85 bits per heavy atom. The monoisotopic (exact) mass is 366 g/mol. The molecule has 0 saturated heterocycles. The molecule has 26 heavy (non-hydrogen) atoms. The minimum atomic E-state index is -0.695. The van der Waals surface area contributed by atoms with Gasteiger partial charge >= 0.3 is 5.69 Å². The van der Waals surface area contributed by atoms with Crippen molar-refractivity contribution in [3.63, 3.8) is 0 Å². The van der Waals surface area contributed by atoms with E-state index >= 15 is 0 Å². The van der Waals surface area contributed by atoms with Gasteiger partial charge < -0.3 is 4.98 Å². The Balaban J connectivity index is 2.01. The number of hydrogen-bond acceptors (Lipinski definition) is 4. The van der Waals surface area contributed by atoms with Gasteiger partial charge in [0.15, 0.2) is 11.4 Å². The van der Waals surface area contributed by atoms with E-state index in [2.05, 4.69) is 15.0 Å². The van der Waals surface area contributed by atoms with Crippen molar-refractivity contribution in [2.75, 3.05) is 0 Å². The second-order valence-corrected chi connectivity index (χ2v) is 5.99. The van der Waals surface area contributed by atoms with Gasteiger partial charge in [0.1, 0.15) is 5.52 Å². The number of carbonyl (C=O) groups excluding carboxylic acids is 1. The van der Waals surface area contributed by atoms with Crippen molar-refractivity contribution in [2.45, 2.75) is 0 Å². The second kappa shape index (κ2) is 6.12. The van der Waals surface area contributed by atoms with Crippen LogP contribution < -0.4 is 11.2 Å². The number of nitrogens with one attached hydrogen (secondary N) is 2. The summed E-state index contributed by atoms with van der Waals surface area (Å²) in [4.78, 5) is 47.2. The molecule has 2 aromatic carbocycles. The Morgan fingerprint density at radius 3 is 2.62 bits per heavy atom. The number of fused-ring (bicyclic) bond motifs is 1. The quantitative estimate of drug-likeness (QED) is 0.543. The molecule has 2 aromatic heterocycles. The van der Waals surface area contributed by atoms with E-state index in [0.29, 0.717) is 10.6 Å². The zero-order chi connectivity index (χ0) is 18.3. The molecule has 0 bridgehead atoms. The lowest BCUT2D eigenvalue weighted by Crippen LogP contribution is -2.34. The van der Waals surface area contributed by atoms with Crippen molar-refractivity contribution < 1.29 is 4.79 Å². The normalized spacial score (nSPS) is 11.0. The van der Waals surface area contributed by atoms with E-state index < -0.39 is 11.2 Å². The van der Waals surface area contributed by atoms with Gasteiger partial charge in [-0.1, -0.05) is 41.9 Å². The lowest BCUT2D eigenvalue weighted by molar-refractivity contribution is 0.103. The van der Waals surface area contributed by atoms with Gasteiger partial charge in [-0.25, -0.2) is 14.3 Å². The maximum Gasteiger partial charge on any atom is 0.334 e. The summed E-state index contributed by atoms with van der Waals surface area (Å²) in [5.41, 5.74) is -0.298. The van der Waals surface area contributed by atoms with Crippen molar-refractivity contribution in [3.05, 3.63) is 91.8 Å². The van der Waals surface area contributed by atoms with Crippen LogP contribution in [0.1, 0.15) is 15.9 Å². The zero-order valence-corrected chi connectivity index (χ0v) is 13.9. The first-order valence-corrected chi connectivity index (χ1v) is 8.02. The SMILES string of the molecule is O=C(c1ccccc1)c1cc(Cl)ccc1-n1c(=O)[nH]c2nc[nH]c2c1=O. The number of rotatable bonds is 3. The molecule has 0 atom stereocenters. The van der Waals surface area contributed by atoms with Crippen molar-refractivity contribution in [3.8, 4) is 5.69 Å². The van der Waals surface area contributed by atoms with E-state index in [1.165, 1.54) is 24.5 Å². The average molecular weight is 367 g/mol. The molecule has 0 aliphatic heterocycles. The highest BCUT2D eigenvalue weighted by atomic mass is 35.5. The van der Waals surface area contributed by atoms with Crippen LogP contribution in [0.5, 0.6) is 0 Å². The minimum absolute atomic E-state index is 0.137. The number of ketones is 1. The van der Waals surface area contributed by atoms with E-state index in [1.807, 2.05) is 0 Å². The van der Waals surface area contributed by atoms with Gasteiger partial charge in [0, 0.05) is 16.1 Å². The third kappa shape index (κ3) is 2.55. The Morgan fingerprint density at radius 1 is 1.08 bits per heavy atom. The van der Waals surface area contributed by atoms with Gasteiger partial charge in [-0.15, -0.1) is 0 Å². The Bertz CT molecular complexity index is 1250. The smallest absolute Gasteiger partial charge is 0.334 e. The number of carbonyl (C=O) groups is 1. The zero-order valence-electron chi connectivity index (χ0n) is 13.2. The fraction of sp³-hybridized carbons (Fsp3) is 0. The first kappa shape index (κ1) is 16.0. The maximum atomic E-state index is 12.9. The second-order valence-electron chi connectivity index (χ2n) is 5.55. The largest absolute Gasteiger partial charge is 0.339 e. The lowest BCUT2D eigenvalue weighted by Gasteiger charge is -2.11. The molecule has 2 heterocycles. The highest BCUT2D eigenvalue weighted by molar-refractivity contribution is 6.31. The molecule has 0 unspecified atom stereocenters. The van der Waals surface area contributed by atoms with Crippen molar-refractivity contribution in [1.29, 1.82) is 0 Å². The first-order valence-electron chi connectivity index (χ1n) is 7.64. The summed E-state index contributed by atoms with van der Waals surface area (Å²) in [5.74, 6) is -0.348. The Kier molecular flexibility index (Phi) is 3.78. The third-order valence-corrected chi connectivity index (χ3v) is 4.20. The fourth-order valence-corrected chi connectivity index (χ4v) is 2.93. The van der Waals surface area contributed by atoms with Gasteiger partial charge in [-0.2, -0.15) is 0 Å². The van der Waals surface area contributed by atoms with Gasteiger partial charge in [0.05, 0.1) is 12.0 Å². The number of nitrogens with zero attached hydrogens (tertiary/aromatic N) is 2. The summed E-state index contributed by atoms with van der Waals surface area (Å²) in [5, 5.41) is 0.320. The molecule has 8 heteroatoms. The number of aromatic nitrogens is 4. The molecule has 4 aromatic rings. The number of imidazole rings is 1. The van der Waals surface area contributed by atoms with Gasteiger partial charge in [-0.05, 0) is 18.2 Å². The van der Waals surface area contributed by atoms with Crippen LogP contribution in [-0.4, -0.2) is 25.3 Å². The number of aromatic amines is 2. The van der Waals surface area contributed by atoms with Crippen LogP contribution in [0.15, 0.2) is 64.4 Å². The van der Waals surface area contributed by atoms with E-state index in [1.54, 1.807) is 30.3 Å². The van der Waals surface area contributed by atoms with Crippen molar-refractivity contribution >= 4 is 28.5 Å². The first-order chi connectivity index (χ1) is 12.6. The average Bonchev–Trinajstić information content (AvgIpc) is 3.11. The number of benzene rings is 2. The Labute approximate surface area is 150 Å². The number of halogens is 1. The van der Waals surface area contributed by atoms with E-state index in [0.717, 1.165) is 4.57 Å². The molecule has 0 amide bonds. The summed E-state index contributed by atoms with van der Waals surface area (Å²) in [6.45, 7) is 0. The van der Waals surface area contributed by atoms with Crippen molar-refractivity contribution in [2.24, 2.45) is 0 Å². The molecule has 0 aliphatic carbocycles. The molecule has 0 radical (unpaired) electrons. The molecule has 2 N–H and O–H groups in total. The molecular formula is C18H11ClN4O3. The maximum absolute atomic E-state index is 12.9. The lowest BCUT2D eigenvalue weighted by atomic mass is 10.0. The molecule has 0 fully saturated rings. The number of hydrogen-bond donors (Lipinski definition) is 2. The minimum Gasteiger partial charge on any atom is -0.339 e. The van der Waals surface area contributed by atoms with Crippen LogP contribution in [-0.2, 0) is 0 Å². The van der Waals surface area contributed by atoms with E-state index in [9.17, 15) is 14.4 Å². The van der Waals surface area contributed by atoms with Gasteiger partial charge in [0.25, 0.3) is 5.56 Å². The topological polar surface area (TPSA) is 101 Å². The van der Waals surface area contributed by atoms with Crippen LogP contribution in [0.3, 0.4) is 0 Å². The predicted octanol–water partition coefficient (Wildman–Crippen LogP) is 2.29. The standard InChI is InChI=1S/C18H11ClN4O3/c19-11-6-7-13(12(8-11)15(24)10-4-2-1-3-5-10)23-17(25)14-16(21-9-20-14)22-18(23)26/h1-9H,(H,20,21)(H,22,26). The van der Waals surface area contributed by atoms with E-state index in [-0.39, 0.29) is 28.2 Å². The van der Waals surface area contributed by atoms with Gasteiger partial charge in [-0.3, -0.25) is 14.6 Å².